The highest BCUT2D eigenvalue weighted by Gasteiger charge is 2.19. The Bertz CT molecular complexity index is 459. The second-order valence-electron chi connectivity index (χ2n) is 6.93. The molecule has 2 atom stereocenters. The molecule has 118 valence electrons. The maximum Gasteiger partial charge on any atom is 0.146 e. The third-order valence-electron chi connectivity index (χ3n) is 4.30. The zero-order valence-electron chi connectivity index (χ0n) is 13.8. The third kappa shape index (κ3) is 4.44. The van der Waals surface area contributed by atoms with Crippen LogP contribution in [0.3, 0.4) is 0 Å². The van der Waals surface area contributed by atoms with Crippen molar-refractivity contribution in [2.24, 2.45) is 11.8 Å². The first-order valence-corrected chi connectivity index (χ1v) is 8.25. The van der Waals surface area contributed by atoms with Gasteiger partial charge in [0, 0.05) is 19.1 Å². The smallest absolute Gasteiger partial charge is 0.146 e. The minimum Gasteiger partial charge on any atom is -0.369 e. The summed E-state index contributed by atoms with van der Waals surface area (Å²) in [7, 11) is 0. The molecule has 1 fully saturated rings. The zero-order chi connectivity index (χ0) is 15.4. The summed E-state index contributed by atoms with van der Waals surface area (Å²) in [4.78, 5) is 2.19. The van der Waals surface area contributed by atoms with Gasteiger partial charge >= 0.3 is 0 Å². The lowest BCUT2D eigenvalue weighted by molar-refractivity contribution is 0.441. The van der Waals surface area contributed by atoms with E-state index in [4.69, 9.17) is 0 Å². The van der Waals surface area contributed by atoms with Crippen molar-refractivity contribution in [1.82, 2.24) is 5.32 Å². The van der Waals surface area contributed by atoms with Gasteiger partial charge in [-0.25, -0.2) is 4.39 Å². The number of benzene rings is 1. The van der Waals surface area contributed by atoms with Gasteiger partial charge in [0.2, 0.25) is 0 Å². The standard InChI is InChI=1S/C18H29FN2/c1-13(2)11-20-15(4)16-7-8-18(17(19)10-16)21-9-5-6-14(3)12-21/h7-8,10,13-15,20H,5-6,9,11-12H2,1-4H3/t14-,15-/m0/s1. The Hall–Kier alpha value is -1.09. The average Bonchev–Trinajstić information content (AvgIpc) is 2.44. The van der Waals surface area contributed by atoms with Gasteiger partial charge < -0.3 is 10.2 Å². The summed E-state index contributed by atoms with van der Waals surface area (Å²) in [6.07, 6.45) is 2.42. The van der Waals surface area contributed by atoms with Crippen LogP contribution in [0.1, 0.15) is 52.1 Å². The quantitative estimate of drug-likeness (QED) is 0.867. The minimum absolute atomic E-state index is 0.0835. The number of hydrogen-bond acceptors (Lipinski definition) is 2. The van der Waals surface area contributed by atoms with Crippen LogP contribution in [0, 0.1) is 17.7 Å². The van der Waals surface area contributed by atoms with Gasteiger partial charge in [-0.05, 0) is 55.8 Å². The lowest BCUT2D eigenvalue weighted by atomic mass is 9.99. The molecule has 2 nitrogen and oxygen atoms in total. The van der Waals surface area contributed by atoms with E-state index >= 15 is 0 Å². The molecule has 1 aliphatic heterocycles. The molecule has 0 spiro atoms. The van der Waals surface area contributed by atoms with Gasteiger partial charge in [0.15, 0.2) is 0 Å². The van der Waals surface area contributed by atoms with Crippen LogP contribution in [0.4, 0.5) is 10.1 Å². The van der Waals surface area contributed by atoms with Crippen molar-refractivity contribution >= 4 is 5.69 Å². The van der Waals surface area contributed by atoms with Gasteiger partial charge in [-0.2, -0.15) is 0 Å². The summed E-state index contributed by atoms with van der Waals surface area (Å²) in [6, 6.07) is 5.91. The predicted octanol–water partition coefficient (Wildman–Crippen LogP) is 4.37. The maximum absolute atomic E-state index is 14.5. The van der Waals surface area contributed by atoms with Gasteiger partial charge in [-0.3, -0.25) is 0 Å². The highest BCUT2D eigenvalue weighted by atomic mass is 19.1. The van der Waals surface area contributed by atoms with Crippen molar-refractivity contribution < 1.29 is 4.39 Å². The summed E-state index contributed by atoms with van der Waals surface area (Å²) in [6.45, 7) is 11.6. The molecule has 3 heteroatoms. The van der Waals surface area contributed by atoms with Crippen LogP contribution in [0.5, 0.6) is 0 Å². The number of anilines is 1. The fraction of sp³-hybridized carbons (Fsp3) is 0.667. The van der Waals surface area contributed by atoms with Crippen LogP contribution in [0.15, 0.2) is 18.2 Å². The monoisotopic (exact) mass is 292 g/mol. The Labute approximate surface area is 128 Å². The molecule has 1 aromatic carbocycles. The summed E-state index contributed by atoms with van der Waals surface area (Å²) < 4.78 is 14.5. The van der Waals surface area contributed by atoms with Gasteiger partial charge in [0.25, 0.3) is 0 Å². The molecule has 1 aliphatic rings. The molecule has 1 aromatic rings. The SMILES string of the molecule is CC(C)CN[C@@H](C)c1ccc(N2CCC[C@H](C)C2)c(F)c1. The summed E-state index contributed by atoms with van der Waals surface area (Å²) in [5, 5.41) is 3.45. The van der Waals surface area contributed by atoms with E-state index in [0.717, 1.165) is 37.3 Å². The number of nitrogens with one attached hydrogen (secondary N) is 1. The number of hydrogen-bond donors (Lipinski definition) is 1. The van der Waals surface area contributed by atoms with E-state index in [1.807, 2.05) is 6.07 Å². The van der Waals surface area contributed by atoms with Crippen molar-refractivity contribution in [3.8, 4) is 0 Å². The second-order valence-corrected chi connectivity index (χ2v) is 6.93. The first kappa shape index (κ1) is 16.3. The van der Waals surface area contributed by atoms with Gasteiger partial charge in [-0.15, -0.1) is 0 Å². The number of nitrogens with zero attached hydrogens (tertiary/aromatic N) is 1. The van der Waals surface area contributed by atoms with E-state index < -0.39 is 0 Å². The Morgan fingerprint density at radius 3 is 2.71 bits per heavy atom. The number of halogens is 1. The van der Waals surface area contributed by atoms with Crippen molar-refractivity contribution in [3.63, 3.8) is 0 Å². The molecule has 1 saturated heterocycles. The van der Waals surface area contributed by atoms with E-state index in [2.05, 4.69) is 44.0 Å². The Kier molecular flexibility index (Phi) is 5.63. The van der Waals surface area contributed by atoms with E-state index in [1.165, 1.54) is 6.42 Å². The van der Waals surface area contributed by atoms with Crippen LogP contribution in [-0.2, 0) is 0 Å². The Morgan fingerprint density at radius 1 is 1.33 bits per heavy atom. The molecule has 21 heavy (non-hydrogen) atoms. The molecule has 0 aliphatic carbocycles. The van der Waals surface area contributed by atoms with Crippen LogP contribution >= 0.6 is 0 Å². The fourth-order valence-corrected chi connectivity index (χ4v) is 2.99. The zero-order valence-corrected chi connectivity index (χ0v) is 13.8. The van der Waals surface area contributed by atoms with E-state index in [0.29, 0.717) is 11.8 Å². The van der Waals surface area contributed by atoms with Crippen molar-refractivity contribution in [2.45, 2.75) is 46.6 Å². The molecule has 0 saturated carbocycles. The van der Waals surface area contributed by atoms with E-state index in [-0.39, 0.29) is 11.9 Å². The molecule has 0 bridgehead atoms. The molecule has 1 N–H and O–H groups in total. The summed E-state index contributed by atoms with van der Waals surface area (Å²) >= 11 is 0. The molecule has 1 heterocycles. The molecule has 2 rings (SSSR count). The lowest BCUT2D eigenvalue weighted by Crippen LogP contribution is -2.34. The van der Waals surface area contributed by atoms with Crippen LogP contribution in [0.2, 0.25) is 0 Å². The third-order valence-corrected chi connectivity index (χ3v) is 4.30. The maximum atomic E-state index is 14.5. The van der Waals surface area contributed by atoms with E-state index in [1.54, 1.807) is 6.07 Å². The Balaban J connectivity index is 2.06. The van der Waals surface area contributed by atoms with Crippen LogP contribution in [0.25, 0.3) is 0 Å². The topological polar surface area (TPSA) is 15.3 Å². The largest absolute Gasteiger partial charge is 0.369 e. The van der Waals surface area contributed by atoms with Gasteiger partial charge in [0.05, 0.1) is 5.69 Å². The van der Waals surface area contributed by atoms with Crippen LogP contribution < -0.4 is 10.2 Å². The number of piperidine rings is 1. The van der Waals surface area contributed by atoms with Crippen molar-refractivity contribution in [1.29, 1.82) is 0 Å². The van der Waals surface area contributed by atoms with Gasteiger partial charge in [-0.1, -0.05) is 26.8 Å². The molecular weight excluding hydrogens is 263 g/mol. The van der Waals surface area contributed by atoms with Crippen LogP contribution in [-0.4, -0.2) is 19.6 Å². The minimum atomic E-state index is -0.0835. The summed E-state index contributed by atoms with van der Waals surface area (Å²) in [5.41, 5.74) is 1.79. The van der Waals surface area contributed by atoms with Crippen molar-refractivity contribution in [3.05, 3.63) is 29.6 Å². The Morgan fingerprint density at radius 2 is 2.10 bits per heavy atom. The molecule has 0 unspecified atom stereocenters. The normalized spacial score (nSPS) is 20.9. The summed E-state index contributed by atoms with van der Waals surface area (Å²) in [5.74, 6) is 1.18. The molecule has 0 radical (unpaired) electrons. The molecule has 0 aromatic heterocycles. The lowest BCUT2D eigenvalue weighted by Gasteiger charge is -2.33. The molecule has 0 amide bonds. The van der Waals surface area contributed by atoms with E-state index in [9.17, 15) is 4.39 Å². The van der Waals surface area contributed by atoms with Gasteiger partial charge in [0.1, 0.15) is 5.82 Å². The van der Waals surface area contributed by atoms with Crippen molar-refractivity contribution in [2.75, 3.05) is 24.5 Å². The second kappa shape index (κ2) is 7.26. The fourth-order valence-electron chi connectivity index (χ4n) is 2.99. The predicted molar refractivity (Wildman–Crippen MR) is 88.3 cm³/mol. The first-order chi connectivity index (χ1) is 9.97. The number of rotatable bonds is 5. The molecular formula is C18H29FN2. The highest BCUT2D eigenvalue weighted by molar-refractivity contribution is 5.50. The highest BCUT2D eigenvalue weighted by Crippen LogP contribution is 2.27. The first-order valence-electron chi connectivity index (χ1n) is 8.25. The average molecular weight is 292 g/mol.